The van der Waals surface area contributed by atoms with E-state index >= 15 is 0 Å². The van der Waals surface area contributed by atoms with E-state index in [4.69, 9.17) is 16.3 Å². The molecule has 2 aromatic rings. The maximum atomic E-state index is 12.4. The fourth-order valence-electron chi connectivity index (χ4n) is 2.12. The van der Waals surface area contributed by atoms with Crippen LogP contribution in [0.1, 0.15) is 30.6 Å². The van der Waals surface area contributed by atoms with E-state index in [1.807, 2.05) is 13.8 Å². The van der Waals surface area contributed by atoms with Crippen molar-refractivity contribution in [2.75, 3.05) is 11.9 Å². The highest BCUT2D eigenvalue weighted by atomic mass is 79.9. The van der Waals surface area contributed by atoms with Crippen molar-refractivity contribution in [2.24, 2.45) is 0 Å². The predicted molar refractivity (Wildman–Crippen MR) is 107 cm³/mol. The number of para-hydroxylation sites is 1. The van der Waals surface area contributed by atoms with E-state index in [-0.39, 0.29) is 24.5 Å². The third kappa shape index (κ3) is 5.75. The number of benzene rings is 2. The summed E-state index contributed by atoms with van der Waals surface area (Å²) in [7, 11) is 0. The van der Waals surface area contributed by atoms with Crippen molar-refractivity contribution in [1.82, 2.24) is 5.32 Å². The van der Waals surface area contributed by atoms with E-state index in [1.54, 1.807) is 42.5 Å². The van der Waals surface area contributed by atoms with Crippen LogP contribution >= 0.6 is 27.5 Å². The number of anilines is 1. The van der Waals surface area contributed by atoms with E-state index in [2.05, 4.69) is 26.6 Å². The van der Waals surface area contributed by atoms with Gasteiger partial charge in [0.15, 0.2) is 6.61 Å². The van der Waals surface area contributed by atoms with Gasteiger partial charge < -0.3 is 15.4 Å². The Morgan fingerprint density at radius 1 is 1.23 bits per heavy atom. The number of ether oxygens (including phenoxy) is 1. The van der Waals surface area contributed by atoms with Gasteiger partial charge in [-0.1, -0.05) is 46.6 Å². The van der Waals surface area contributed by atoms with Crippen molar-refractivity contribution in [3.05, 3.63) is 57.5 Å². The van der Waals surface area contributed by atoms with E-state index in [9.17, 15) is 9.59 Å². The van der Waals surface area contributed by atoms with Gasteiger partial charge >= 0.3 is 0 Å². The molecule has 26 heavy (non-hydrogen) atoms. The number of nitrogens with one attached hydrogen (secondary N) is 2. The zero-order valence-corrected chi connectivity index (χ0v) is 16.9. The second kappa shape index (κ2) is 9.59. The van der Waals surface area contributed by atoms with Crippen molar-refractivity contribution in [3.8, 4) is 5.75 Å². The number of carbonyl (C=O) groups excluding carboxylic acids is 2. The largest absolute Gasteiger partial charge is 0.482 e. The molecule has 2 N–H and O–H groups in total. The van der Waals surface area contributed by atoms with Crippen LogP contribution in [0.4, 0.5) is 5.69 Å². The number of halogens is 2. The Bertz CT molecular complexity index is 798. The topological polar surface area (TPSA) is 67.4 Å². The molecule has 0 spiro atoms. The third-order valence-electron chi connectivity index (χ3n) is 3.69. The molecule has 5 nitrogen and oxygen atoms in total. The van der Waals surface area contributed by atoms with Gasteiger partial charge in [-0.15, -0.1) is 0 Å². The molecule has 0 aliphatic rings. The lowest BCUT2D eigenvalue weighted by atomic mass is 10.1. The molecular formula is C19H20BrClN2O3. The molecule has 0 aliphatic heterocycles. The summed E-state index contributed by atoms with van der Waals surface area (Å²) in [5.74, 6) is -0.201. The van der Waals surface area contributed by atoms with Crippen molar-refractivity contribution in [1.29, 1.82) is 0 Å². The first-order valence-electron chi connectivity index (χ1n) is 8.18. The smallest absolute Gasteiger partial charge is 0.262 e. The number of amides is 2. The molecule has 0 bridgehead atoms. The molecule has 0 aliphatic carbocycles. The van der Waals surface area contributed by atoms with Crippen molar-refractivity contribution < 1.29 is 14.3 Å². The van der Waals surface area contributed by atoms with Gasteiger partial charge in [0.2, 0.25) is 0 Å². The summed E-state index contributed by atoms with van der Waals surface area (Å²) in [6.45, 7) is 3.70. The summed E-state index contributed by atoms with van der Waals surface area (Å²) >= 11 is 9.37. The maximum Gasteiger partial charge on any atom is 0.262 e. The average molecular weight is 440 g/mol. The van der Waals surface area contributed by atoms with Crippen LogP contribution in [-0.4, -0.2) is 24.5 Å². The molecule has 0 radical (unpaired) electrons. The van der Waals surface area contributed by atoms with Crippen molar-refractivity contribution in [3.63, 3.8) is 0 Å². The molecule has 1 atom stereocenters. The Labute approximate surface area is 166 Å². The molecule has 0 fully saturated rings. The maximum absolute atomic E-state index is 12.4. The summed E-state index contributed by atoms with van der Waals surface area (Å²) in [6, 6.07) is 12.0. The Kier molecular flexibility index (Phi) is 7.48. The molecule has 0 heterocycles. The van der Waals surface area contributed by atoms with E-state index in [0.29, 0.717) is 22.0 Å². The zero-order valence-electron chi connectivity index (χ0n) is 14.5. The van der Waals surface area contributed by atoms with Gasteiger partial charge in [0.1, 0.15) is 5.75 Å². The molecule has 2 amide bonds. The molecule has 0 saturated heterocycles. The summed E-state index contributed by atoms with van der Waals surface area (Å²) in [5, 5.41) is 6.00. The Balaban J connectivity index is 2.01. The highest BCUT2D eigenvalue weighted by Crippen LogP contribution is 2.27. The highest BCUT2D eigenvalue weighted by molar-refractivity contribution is 9.10. The summed E-state index contributed by atoms with van der Waals surface area (Å²) < 4.78 is 6.26. The molecule has 0 unspecified atom stereocenters. The fraction of sp³-hybridized carbons (Fsp3) is 0.263. The first-order chi connectivity index (χ1) is 12.4. The zero-order chi connectivity index (χ0) is 19.1. The van der Waals surface area contributed by atoms with Gasteiger partial charge in [-0.3, -0.25) is 9.59 Å². The lowest BCUT2D eigenvalue weighted by Crippen LogP contribution is -2.33. The van der Waals surface area contributed by atoms with Gasteiger partial charge in [0, 0.05) is 10.5 Å². The van der Waals surface area contributed by atoms with Crippen molar-refractivity contribution in [2.45, 2.75) is 26.3 Å². The van der Waals surface area contributed by atoms with Gasteiger partial charge in [-0.05, 0) is 43.7 Å². The Hall–Kier alpha value is -2.05. The predicted octanol–water partition coefficient (Wildman–Crippen LogP) is 4.65. The second-order valence-electron chi connectivity index (χ2n) is 5.74. The van der Waals surface area contributed by atoms with E-state index in [0.717, 1.165) is 10.9 Å². The lowest BCUT2D eigenvalue weighted by molar-refractivity contribution is -0.118. The van der Waals surface area contributed by atoms with Crippen molar-refractivity contribution >= 4 is 45.0 Å². The van der Waals surface area contributed by atoms with Gasteiger partial charge in [-0.2, -0.15) is 0 Å². The average Bonchev–Trinajstić information content (AvgIpc) is 2.61. The van der Waals surface area contributed by atoms with Crippen LogP contribution in [0.3, 0.4) is 0 Å². The van der Waals surface area contributed by atoms with Gasteiger partial charge in [0.05, 0.1) is 16.3 Å². The minimum atomic E-state index is -0.382. The molecule has 0 aromatic heterocycles. The first kappa shape index (κ1) is 20.3. The Morgan fingerprint density at radius 2 is 1.96 bits per heavy atom. The van der Waals surface area contributed by atoms with Crippen LogP contribution in [0.15, 0.2) is 46.9 Å². The summed E-state index contributed by atoms with van der Waals surface area (Å²) in [5.41, 5.74) is 0.839. The normalized spacial score (nSPS) is 11.5. The minimum Gasteiger partial charge on any atom is -0.482 e. The molecule has 0 saturated carbocycles. The number of hydrogen-bond acceptors (Lipinski definition) is 3. The number of rotatable bonds is 7. The fourth-order valence-corrected chi connectivity index (χ4v) is 2.84. The van der Waals surface area contributed by atoms with Crippen LogP contribution in [0.5, 0.6) is 5.75 Å². The number of hydrogen-bond donors (Lipinski definition) is 2. The van der Waals surface area contributed by atoms with Gasteiger partial charge in [-0.25, -0.2) is 0 Å². The lowest BCUT2D eigenvalue weighted by Gasteiger charge is -2.15. The van der Waals surface area contributed by atoms with Crippen LogP contribution < -0.4 is 15.4 Å². The van der Waals surface area contributed by atoms with Gasteiger partial charge in [0.25, 0.3) is 11.8 Å². The SMILES string of the molecule is CC[C@H](C)NC(=O)c1ccccc1NC(=O)COc1ccc(Br)cc1Cl. The monoisotopic (exact) mass is 438 g/mol. The Morgan fingerprint density at radius 3 is 2.65 bits per heavy atom. The standard InChI is InChI=1S/C19H20BrClN2O3/c1-3-12(2)22-19(25)14-6-4-5-7-16(14)23-18(24)11-26-17-9-8-13(20)10-15(17)21/h4-10,12H,3,11H2,1-2H3,(H,22,25)(H,23,24)/t12-/m0/s1. The second-order valence-corrected chi connectivity index (χ2v) is 7.06. The minimum absolute atomic E-state index is 0.0501. The summed E-state index contributed by atoms with van der Waals surface area (Å²) in [6.07, 6.45) is 0.821. The quantitative estimate of drug-likeness (QED) is 0.660. The highest BCUT2D eigenvalue weighted by Gasteiger charge is 2.15. The third-order valence-corrected chi connectivity index (χ3v) is 4.48. The molecule has 2 aromatic carbocycles. The van der Waals surface area contributed by atoms with Crippen LogP contribution in [0.25, 0.3) is 0 Å². The summed E-state index contributed by atoms with van der Waals surface area (Å²) in [4.78, 5) is 24.6. The molecule has 7 heteroatoms. The van der Waals surface area contributed by atoms with E-state index in [1.165, 1.54) is 0 Å². The van der Waals surface area contributed by atoms with Crippen LogP contribution in [0, 0.1) is 0 Å². The number of carbonyl (C=O) groups is 2. The van der Waals surface area contributed by atoms with Crippen LogP contribution in [0.2, 0.25) is 5.02 Å². The molecule has 138 valence electrons. The molecular weight excluding hydrogens is 420 g/mol. The molecule has 2 rings (SSSR count). The van der Waals surface area contributed by atoms with E-state index < -0.39 is 0 Å². The first-order valence-corrected chi connectivity index (χ1v) is 9.35. The van der Waals surface area contributed by atoms with Crippen LogP contribution in [-0.2, 0) is 4.79 Å².